The van der Waals surface area contributed by atoms with Crippen LogP contribution in [0, 0.1) is 6.92 Å². The molecule has 90 valence electrons. The van der Waals surface area contributed by atoms with Crippen LogP contribution in [0.4, 0.5) is 0 Å². The van der Waals surface area contributed by atoms with Crippen molar-refractivity contribution < 1.29 is 9.21 Å². The number of amides is 1. The number of hydrogen-bond acceptors (Lipinski definition) is 3. The zero-order valence-corrected chi connectivity index (χ0v) is 9.95. The number of hydrogen-bond donors (Lipinski definition) is 2. The summed E-state index contributed by atoms with van der Waals surface area (Å²) in [4.78, 5) is 11.7. The van der Waals surface area contributed by atoms with Crippen LogP contribution in [-0.4, -0.2) is 18.5 Å². The van der Waals surface area contributed by atoms with Gasteiger partial charge in [-0.05, 0) is 25.5 Å². The number of rotatable bonds is 6. The van der Waals surface area contributed by atoms with E-state index in [0.29, 0.717) is 12.3 Å². The van der Waals surface area contributed by atoms with Crippen LogP contribution in [0.5, 0.6) is 0 Å². The Bertz CT molecular complexity index is 334. The first-order valence-electron chi connectivity index (χ1n) is 5.74. The summed E-state index contributed by atoms with van der Waals surface area (Å²) in [5.41, 5.74) is 5.60. The summed E-state index contributed by atoms with van der Waals surface area (Å²) in [5, 5.41) is 2.87. The van der Waals surface area contributed by atoms with Gasteiger partial charge in [0.15, 0.2) is 5.76 Å². The van der Waals surface area contributed by atoms with Gasteiger partial charge in [-0.2, -0.15) is 0 Å². The van der Waals surface area contributed by atoms with Gasteiger partial charge in [-0.15, -0.1) is 0 Å². The van der Waals surface area contributed by atoms with Gasteiger partial charge < -0.3 is 15.5 Å². The molecule has 0 saturated heterocycles. The lowest BCUT2D eigenvalue weighted by atomic mass is 10.1. The van der Waals surface area contributed by atoms with E-state index in [1.807, 2.05) is 6.92 Å². The number of nitrogens with two attached hydrogens (primary N) is 1. The van der Waals surface area contributed by atoms with E-state index in [-0.39, 0.29) is 11.9 Å². The van der Waals surface area contributed by atoms with Crippen molar-refractivity contribution in [1.29, 1.82) is 0 Å². The van der Waals surface area contributed by atoms with E-state index in [0.717, 1.165) is 25.0 Å². The van der Waals surface area contributed by atoms with E-state index in [9.17, 15) is 4.79 Å². The molecule has 4 heteroatoms. The average molecular weight is 224 g/mol. The van der Waals surface area contributed by atoms with Gasteiger partial charge >= 0.3 is 0 Å². The normalized spacial score (nSPS) is 12.4. The molecule has 16 heavy (non-hydrogen) atoms. The Morgan fingerprint density at radius 2 is 2.31 bits per heavy atom. The quantitative estimate of drug-likeness (QED) is 0.774. The second kappa shape index (κ2) is 6.33. The SMILES string of the molecule is CCCCC(CN)NC(=O)c1ccc(C)o1. The van der Waals surface area contributed by atoms with Gasteiger partial charge in [0.05, 0.1) is 0 Å². The molecular formula is C12H20N2O2. The molecule has 0 bridgehead atoms. The summed E-state index contributed by atoms with van der Waals surface area (Å²) in [6, 6.07) is 3.49. The van der Waals surface area contributed by atoms with Crippen LogP contribution < -0.4 is 11.1 Å². The highest BCUT2D eigenvalue weighted by molar-refractivity contribution is 5.91. The standard InChI is InChI=1S/C12H20N2O2/c1-3-4-5-10(8-13)14-12(15)11-7-6-9(2)16-11/h6-7,10H,3-5,8,13H2,1-2H3,(H,14,15). The smallest absolute Gasteiger partial charge is 0.287 e. The van der Waals surface area contributed by atoms with Crippen LogP contribution in [0.1, 0.15) is 42.5 Å². The highest BCUT2D eigenvalue weighted by Gasteiger charge is 2.14. The molecular weight excluding hydrogens is 204 g/mol. The highest BCUT2D eigenvalue weighted by atomic mass is 16.3. The minimum atomic E-state index is -0.181. The molecule has 0 aliphatic carbocycles. The molecule has 1 rings (SSSR count). The van der Waals surface area contributed by atoms with Gasteiger partial charge in [0.25, 0.3) is 5.91 Å². The summed E-state index contributed by atoms with van der Waals surface area (Å²) in [5.74, 6) is 0.912. The second-order valence-electron chi connectivity index (χ2n) is 3.96. The molecule has 1 unspecified atom stereocenters. The van der Waals surface area contributed by atoms with E-state index < -0.39 is 0 Å². The molecule has 4 nitrogen and oxygen atoms in total. The van der Waals surface area contributed by atoms with Crippen molar-refractivity contribution in [2.45, 2.75) is 39.2 Å². The van der Waals surface area contributed by atoms with E-state index in [1.165, 1.54) is 0 Å². The summed E-state index contributed by atoms with van der Waals surface area (Å²) in [7, 11) is 0. The first kappa shape index (κ1) is 12.8. The van der Waals surface area contributed by atoms with E-state index >= 15 is 0 Å². The first-order chi connectivity index (χ1) is 7.67. The van der Waals surface area contributed by atoms with Gasteiger partial charge in [-0.25, -0.2) is 0 Å². The number of carbonyl (C=O) groups is 1. The zero-order valence-electron chi connectivity index (χ0n) is 9.95. The number of nitrogens with one attached hydrogen (secondary N) is 1. The predicted molar refractivity (Wildman–Crippen MR) is 63.3 cm³/mol. The zero-order chi connectivity index (χ0) is 12.0. The Balaban J connectivity index is 2.48. The predicted octanol–water partition coefficient (Wildman–Crippen LogP) is 1.84. The van der Waals surface area contributed by atoms with E-state index in [4.69, 9.17) is 10.2 Å². The largest absolute Gasteiger partial charge is 0.456 e. The Morgan fingerprint density at radius 3 is 2.81 bits per heavy atom. The second-order valence-corrected chi connectivity index (χ2v) is 3.96. The number of aryl methyl sites for hydroxylation is 1. The molecule has 0 aliphatic rings. The maximum absolute atomic E-state index is 11.7. The summed E-state index contributed by atoms with van der Waals surface area (Å²) in [6.45, 7) is 4.39. The van der Waals surface area contributed by atoms with Crippen LogP contribution in [0.2, 0.25) is 0 Å². The van der Waals surface area contributed by atoms with Crippen molar-refractivity contribution >= 4 is 5.91 Å². The van der Waals surface area contributed by atoms with Crippen molar-refractivity contribution in [3.05, 3.63) is 23.7 Å². The molecule has 1 aromatic rings. The van der Waals surface area contributed by atoms with Crippen LogP contribution in [0.15, 0.2) is 16.5 Å². The Hall–Kier alpha value is -1.29. The molecule has 0 aliphatic heterocycles. The van der Waals surface area contributed by atoms with Gasteiger partial charge in [-0.1, -0.05) is 19.8 Å². The minimum absolute atomic E-state index is 0.0397. The van der Waals surface area contributed by atoms with Gasteiger partial charge in [-0.3, -0.25) is 4.79 Å². The van der Waals surface area contributed by atoms with Crippen molar-refractivity contribution in [2.24, 2.45) is 5.73 Å². The minimum Gasteiger partial charge on any atom is -0.456 e. The average Bonchev–Trinajstić information content (AvgIpc) is 2.70. The Labute approximate surface area is 96.2 Å². The molecule has 0 fully saturated rings. The van der Waals surface area contributed by atoms with Gasteiger partial charge in [0.2, 0.25) is 0 Å². The van der Waals surface area contributed by atoms with Crippen LogP contribution in [0.3, 0.4) is 0 Å². The molecule has 1 heterocycles. The summed E-state index contributed by atoms with van der Waals surface area (Å²) < 4.78 is 5.24. The first-order valence-corrected chi connectivity index (χ1v) is 5.74. The molecule has 0 saturated carbocycles. The molecule has 1 amide bonds. The topological polar surface area (TPSA) is 68.3 Å². The fourth-order valence-electron chi connectivity index (χ4n) is 1.51. The van der Waals surface area contributed by atoms with Crippen molar-refractivity contribution in [2.75, 3.05) is 6.54 Å². The fourth-order valence-corrected chi connectivity index (χ4v) is 1.51. The number of carbonyl (C=O) groups excluding carboxylic acids is 1. The molecule has 0 radical (unpaired) electrons. The number of furan rings is 1. The van der Waals surface area contributed by atoms with Crippen LogP contribution in [0.25, 0.3) is 0 Å². The third-order valence-electron chi connectivity index (χ3n) is 2.49. The maximum Gasteiger partial charge on any atom is 0.287 e. The lowest BCUT2D eigenvalue weighted by Gasteiger charge is -2.15. The third-order valence-corrected chi connectivity index (χ3v) is 2.49. The van der Waals surface area contributed by atoms with Gasteiger partial charge in [0, 0.05) is 12.6 Å². The highest BCUT2D eigenvalue weighted by Crippen LogP contribution is 2.07. The lowest BCUT2D eigenvalue weighted by Crippen LogP contribution is -2.40. The van der Waals surface area contributed by atoms with Crippen LogP contribution in [-0.2, 0) is 0 Å². The monoisotopic (exact) mass is 224 g/mol. The lowest BCUT2D eigenvalue weighted by molar-refractivity contribution is 0.0906. The maximum atomic E-state index is 11.7. The Kier molecular flexibility index (Phi) is 5.05. The Morgan fingerprint density at radius 1 is 1.56 bits per heavy atom. The molecule has 0 aromatic carbocycles. The molecule has 3 N–H and O–H groups in total. The van der Waals surface area contributed by atoms with Gasteiger partial charge in [0.1, 0.15) is 5.76 Å². The molecule has 1 aromatic heterocycles. The van der Waals surface area contributed by atoms with Crippen molar-refractivity contribution in [1.82, 2.24) is 5.32 Å². The van der Waals surface area contributed by atoms with Crippen LogP contribution >= 0.6 is 0 Å². The molecule has 0 spiro atoms. The van der Waals surface area contributed by atoms with E-state index in [1.54, 1.807) is 12.1 Å². The van der Waals surface area contributed by atoms with Crippen molar-refractivity contribution in [3.63, 3.8) is 0 Å². The third kappa shape index (κ3) is 3.70. The summed E-state index contributed by atoms with van der Waals surface area (Å²) >= 11 is 0. The van der Waals surface area contributed by atoms with E-state index in [2.05, 4.69) is 12.2 Å². The number of unbranched alkanes of at least 4 members (excludes halogenated alkanes) is 1. The summed E-state index contributed by atoms with van der Waals surface area (Å²) in [6.07, 6.45) is 3.09. The molecule has 1 atom stereocenters. The van der Waals surface area contributed by atoms with Crippen molar-refractivity contribution in [3.8, 4) is 0 Å². The fraction of sp³-hybridized carbons (Fsp3) is 0.583.